The third kappa shape index (κ3) is 3.80. The molecule has 1 N–H and O–H groups in total. The molecule has 0 unspecified atom stereocenters. The topological polar surface area (TPSA) is 35.6 Å². The average Bonchev–Trinajstić information content (AvgIpc) is 2.56. The Bertz CT molecular complexity index is 486. The van der Waals surface area contributed by atoms with Crippen LogP contribution in [0.4, 0.5) is 11.4 Å². The molecule has 1 saturated carbocycles. The predicted octanol–water partition coefficient (Wildman–Crippen LogP) is 3.10. The molecule has 1 aliphatic carbocycles. The second kappa shape index (κ2) is 7.14. The second-order valence-electron chi connectivity index (χ2n) is 6.54. The lowest BCUT2D eigenvalue weighted by Gasteiger charge is -2.41. The molecule has 22 heavy (non-hydrogen) atoms. The Kier molecular flexibility index (Phi) is 4.98. The van der Waals surface area contributed by atoms with Gasteiger partial charge in [0.15, 0.2) is 0 Å². The molecule has 1 aliphatic heterocycles. The smallest absolute Gasteiger partial charge is 0.221 e. The van der Waals surface area contributed by atoms with Crippen molar-refractivity contribution in [2.75, 3.05) is 36.4 Å². The van der Waals surface area contributed by atoms with Gasteiger partial charge in [0.25, 0.3) is 0 Å². The van der Waals surface area contributed by atoms with Gasteiger partial charge in [-0.05, 0) is 37.1 Å². The number of benzene rings is 1. The average molecular weight is 301 g/mol. The van der Waals surface area contributed by atoms with Crippen molar-refractivity contribution >= 4 is 17.3 Å². The lowest BCUT2D eigenvalue weighted by Crippen LogP contribution is -2.50. The van der Waals surface area contributed by atoms with E-state index >= 15 is 0 Å². The van der Waals surface area contributed by atoms with Crippen molar-refractivity contribution in [2.45, 2.75) is 45.1 Å². The van der Waals surface area contributed by atoms with Gasteiger partial charge >= 0.3 is 0 Å². The van der Waals surface area contributed by atoms with Gasteiger partial charge in [-0.3, -0.25) is 9.69 Å². The normalized spacial score (nSPS) is 20.9. The molecule has 3 rings (SSSR count). The zero-order valence-electron chi connectivity index (χ0n) is 13.6. The number of nitrogens with one attached hydrogen (secondary N) is 1. The van der Waals surface area contributed by atoms with E-state index < -0.39 is 0 Å². The maximum absolute atomic E-state index is 11.1. The van der Waals surface area contributed by atoms with Gasteiger partial charge in [-0.1, -0.05) is 19.3 Å². The van der Waals surface area contributed by atoms with Crippen LogP contribution in [0, 0.1) is 0 Å². The van der Waals surface area contributed by atoms with Crippen molar-refractivity contribution < 1.29 is 4.79 Å². The predicted molar refractivity (Wildman–Crippen MR) is 91.4 cm³/mol. The fourth-order valence-electron chi connectivity index (χ4n) is 3.75. The molecular weight excluding hydrogens is 274 g/mol. The molecule has 1 heterocycles. The largest absolute Gasteiger partial charge is 0.369 e. The number of rotatable bonds is 3. The first-order valence-electron chi connectivity index (χ1n) is 8.59. The fourth-order valence-corrected chi connectivity index (χ4v) is 3.75. The Hall–Kier alpha value is -1.55. The van der Waals surface area contributed by atoms with E-state index in [-0.39, 0.29) is 5.91 Å². The van der Waals surface area contributed by atoms with Crippen LogP contribution in [0.2, 0.25) is 0 Å². The highest BCUT2D eigenvalue weighted by Gasteiger charge is 2.25. The Morgan fingerprint density at radius 2 is 1.64 bits per heavy atom. The summed E-state index contributed by atoms with van der Waals surface area (Å²) in [5.74, 6) is -0.0196. The monoisotopic (exact) mass is 301 g/mol. The Morgan fingerprint density at radius 1 is 1.00 bits per heavy atom. The molecule has 0 bridgehead atoms. The third-order valence-electron chi connectivity index (χ3n) is 4.96. The van der Waals surface area contributed by atoms with Crippen LogP contribution in [0.25, 0.3) is 0 Å². The Balaban J connectivity index is 1.53. The van der Waals surface area contributed by atoms with Gasteiger partial charge < -0.3 is 10.2 Å². The summed E-state index contributed by atoms with van der Waals surface area (Å²) in [6.45, 7) is 6.11. The SMILES string of the molecule is CC(=O)Nc1ccc(N2CCN(C3CCCCC3)CC2)cc1. The van der Waals surface area contributed by atoms with E-state index in [4.69, 9.17) is 0 Å². The number of hydrogen-bond acceptors (Lipinski definition) is 3. The third-order valence-corrected chi connectivity index (χ3v) is 4.96. The lowest BCUT2D eigenvalue weighted by molar-refractivity contribution is -0.114. The Morgan fingerprint density at radius 3 is 2.23 bits per heavy atom. The number of hydrogen-bond donors (Lipinski definition) is 1. The summed E-state index contributed by atoms with van der Waals surface area (Å²) in [7, 11) is 0. The van der Waals surface area contributed by atoms with Gasteiger partial charge in [-0.2, -0.15) is 0 Å². The molecule has 0 aromatic heterocycles. The number of piperazine rings is 1. The zero-order chi connectivity index (χ0) is 15.4. The van der Waals surface area contributed by atoms with Crippen LogP contribution in [-0.4, -0.2) is 43.0 Å². The minimum atomic E-state index is -0.0196. The number of amides is 1. The van der Waals surface area contributed by atoms with Crippen LogP contribution in [0.15, 0.2) is 24.3 Å². The molecule has 0 spiro atoms. The van der Waals surface area contributed by atoms with E-state index in [1.54, 1.807) is 6.92 Å². The van der Waals surface area contributed by atoms with Crippen LogP contribution in [-0.2, 0) is 4.79 Å². The maximum atomic E-state index is 11.1. The first-order chi connectivity index (χ1) is 10.7. The molecule has 1 saturated heterocycles. The van der Waals surface area contributed by atoms with Crippen molar-refractivity contribution in [1.82, 2.24) is 4.90 Å². The summed E-state index contributed by atoms with van der Waals surface area (Å²) in [4.78, 5) is 16.2. The molecule has 120 valence electrons. The van der Waals surface area contributed by atoms with Gasteiger partial charge in [0.05, 0.1) is 0 Å². The summed E-state index contributed by atoms with van der Waals surface area (Å²) in [6.07, 6.45) is 7.04. The number of carbonyl (C=O) groups is 1. The van der Waals surface area contributed by atoms with Crippen LogP contribution in [0.5, 0.6) is 0 Å². The summed E-state index contributed by atoms with van der Waals surface area (Å²) in [6, 6.07) is 9.04. The molecule has 0 radical (unpaired) electrons. The molecule has 1 aromatic rings. The van der Waals surface area contributed by atoms with Crippen LogP contribution in [0.3, 0.4) is 0 Å². The maximum Gasteiger partial charge on any atom is 0.221 e. The zero-order valence-corrected chi connectivity index (χ0v) is 13.6. The van der Waals surface area contributed by atoms with Gasteiger partial charge in [-0.25, -0.2) is 0 Å². The highest BCUT2D eigenvalue weighted by atomic mass is 16.1. The highest BCUT2D eigenvalue weighted by molar-refractivity contribution is 5.88. The van der Waals surface area contributed by atoms with Crippen molar-refractivity contribution in [2.24, 2.45) is 0 Å². The minimum Gasteiger partial charge on any atom is -0.369 e. The molecule has 4 nitrogen and oxygen atoms in total. The summed E-state index contributed by atoms with van der Waals surface area (Å²) < 4.78 is 0. The molecule has 4 heteroatoms. The Labute approximate surface area is 133 Å². The van der Waals surface area contributed by atoms with Crippen molar-refractivity contribution in [3.8, 4) is 0 Å². The second-order valence-corrected chi connectivity index (χ2v) is 6.54. The minimum absolute atomic E-state index is 0.0196. The standard InChI is InChI=1S/C18H27N3O/c1-15(22)19-16-7-9-18(10-8-16)21-13-11-20(12-14-21)17-5-3-2-4-6-17/h7-10,17H,2-6,11-14H2,1H3,(H,19,22). The highest BCUT2D eigenvalue weighted by Crippen LogP contribution is 2.25. The van der Waals surface area contributed by atoms with Crippen LogP contribution in [0.1, 0.15) is 39.0 Å². The molecular formula is C18H27N3O. The van der Waals surface area contributed by atoms with E-state index in [0.29, 0.717) is 0 Å². The van der Waals surface area contributed by atoms with Crippen LogP contribution < -0.4 is 10.2 Å². The molecule has 2 aliphatic rings. The molecule has 1 amide bonds. The first-order valence-corrected chi connectivity index (χ1v) is 8.59. The fraction of sp³-hybridized carbons (Fsp3) is 0.611. The van der Waals surface area contributed by atoms with Crippen molar-refractivity contribution in [3.63, 3.8) is 0 Å². The molecule has 1 aromatic carbocycles. The van der Waals surface area contributed by atoms with E-state index in [9.17, 15) is 4.79 Å². The number of carbonyl (C=O) groups excluding carboxylic acids is 1. The van der Waals surface area contributed by atoms with Gasteiger partial charge in [0.1, 0.15) is 0 Å². The van der Waals surface area contributed by atoms with E-state index in [2.05, 4.69) is 27.2 Å². The molecule has 0 atom stereocenters. The summed E-state index contributed by atoms with van der Waals surface area (Å²) >= 11 is 0. The van der Waals surface area contributed by atoms with Crippen LogP contribution >= 0.6 is 0 Å². The van der Waals surface area contributed by atoms with Crippen molar-refractivity contribution in [1.29, 1.82) is 0 Å². The van der Waals surface area contributed by atoms with E-state index in [1.165, 1.54) is 50.9 Å². The quantitative estimate of drug-likeness (QED) is 0.932. The van der Waals surface area contributed by atoms with E-state index in [0.717, 1.165) is 24.8 Å². The number of anilines is 2. The van der Waals surface area contributed by atoms with Gasteiger partial charge in [0.2, 0.25) is 5.91 Å². The van der Waals surface area contributed by atoms with Gasteiger partial charge in [-0.15, -0.1) is 0 Å². The lowest BCUT2D eigenvalue weighted by atomic mass is 9.94. The number of nitrogens with zero attached hydrogens (tertiary/aromatic N) is 2. The summed E-state index contributed by atoms with van der Waals surface area (Å²) in [5.41, 5.74) is 2.13. The first kappa shape index (κ1) is 15.3. The summed E-state index contributed by atoms with van der Waals surface area (Å²) in [5, 5.41) is 2.82. The van der Waals surface area contributed by atoms with Crippen molar-refractivity contribution in [3.05, 3.63) is 24.3 Å². The molecule has 2 fully saturated rings. The van der Waals surface area contributed by atoms with Gasteiger partial charge in [0, 0.05) is 50.5 Å². The van der Waals surface area contributed by atoms with E-state index in [1.807, 2.05) is 12.1 Å².